The van der Waals surface area contributed by atoms with Crippen LogP contribution >= 0.6 is 22.9 Å². The molecule has 1 aliphatic rings. The number of carbonyl (C=O) groups is 1. The molecule has 0 radical (unpaired) electrons. The van der Waals surface area contributed by atoms with Crippen molar-refractivity contribution in [2.75, 3.05) is 6.61 Å². The van der Waals surface area contributed by atoms with Gasteiger partial charge in [0.2, 0.25) is 0 Å². The molecule has 2 aromatic heterocycles. The number of thiophene rings is 1. The van der Waals surface area contributed by atoms with Crippen LogP contribution in [0, 0.1) is 5.92 Å². The summed E-state index contributed by atoms with van der Waals surface area (Å²) in [5.41, 5.74) is 1.21. The lowest BCUT2D eigenvalue weighted by Gasteiger charge is -2.20. The molecule has 19 heavy (non-hydrogen) atoms. The first-order valence-electron chi connectivity index (χ1n) is 6.28. The number of hydrogen-bond donors (Lipinski definition) is 0. The van der Waals surface area contributed by atoms with Crippen LogP contribution in [0.5, 0.6) is 0 Å². The minimum Gasteiger partial charge on any atom is -0.466 e. The topological polar surface area (TPSA) is 52.1 Å². The third-order valence-electron chi connectivity index (χ3n) is 3.42. The second-order valence-corrected chi connectivity index (χ2v) is 5.98. The Bertz CT molecular complexity index is 641. The maximum Gasteiger partial charge on any atom is 0.309 e. The third kappa shape index (κ3) is 2.21. The molecule has 1 atom stereocenters. The lowest BCUT2D eigenvalue weighted by molar-refractivity contribution is -0.148. The van der Waals surface area contributed by atoms with Crippen LogP contribution in [0.1, 0.15) is 23.8 Å². The maximum absolute atomic E-state index is 11.8. The zero-order valence-corrected chi connectivity index (χ0v) is 12.1. The first kappa shape index (κ1) is 12.8. The summed E-state index contributed by atoms with van der Waals surface area (Å²) in [6.45, 7) is 2.27. The highest BCUT2D eigenvalue weighted by Crippen LogP contribution is 2.39. The molecule has 0 fully saturated rings. The van der Waals surface area contributed by atoms with Gasteiger partial charge in [0.15, 0.2) is 0 Å². The van der Waals surface area contributed by atoms with Crippen molar-refractivity contribution in [1.29, 1.82) is 0 Å². The van der Waals surface area contributed by atoms with Crippen molar-refractivity contribution in [1.82, 2.24) is 9.97 Å². The number of esters is 1. The van der Waals surface area contributed by atoms with E-state index in [2.05, 4.69) is 9.97 Å². The Labute approximate surface area is 119 Å². The van der Waals surface area contributed by atoms with Crippen molar-refractivity contribution in [3.63, 3.8) is 0 Å². The van der Waals surface area contributed by atoms with E-state index < -0.39 is 0 Å². The Morgan fingerprint density at radius 3 is 3.21 bits per heavy atom. The predicted molar refractivity (Wildman–Crippen MR) is 74.6 cm³/mol. The van der Waals surface area contributed by atoms with Gasteiger partial charge in [-0.15, -0.1) is 11.3 Å². The quantitative estimate of drug-likeness (QED) is 0.631. The van der Waals surface area contributed by atoms with Gasteiger partial charge in [-0.1, -0.05) is 11.6 Å². The van der Waals surface area contributed by atoms with E-state index in [0.29, 0.717) is 11.8 Å². The maximum atomic E-state index is 11.8. The molecule has 0 unspecified atom stereocenters. The van der Waals surface area contributed by atoms with Crippen LogP contribution in [0.3, 0.4) is 0 Å². The molecule has 100 valence electrons. The molecule has 1 aliphatic carbocycles. The number of ether oxygens (including phenoxy) is 1. The van der Waals surface area contributed by atoms with E-state index in [0.717, 1.165) is 29.5 Å². The standard InChI is InChI=1S/C13H13ClN2O2S/c1-2-18-13(17)7-3-4-8-9(5-7)19-12-10(8)11(14)15-6-16-12/h6-7H,2-5H2,1H3/t7-/m0/s1. The molecular formula is C13H13ClN2O2S. The summed E-state index contributed by atoms with van der Waals surface area (Å²) in [6, 6.07) is 0. The predicted octanol–water partition coefficient (Wildman–Crippen LogP) is 3.01. The van der Waals surface area contributed by atoms with Crippen molar-refractivity contribution < 1.29 is 9.53 Å². The van der Waals surface area contributed by atoms with Gasteiger partial charge in [-0.3, -0.25) is 4.79 Å². The molecule has 0 amide bonds. The summed E-state index contributed by atoms with van der Waals surface area (Å²) in [7, 11) is 0. The zero-order chi connectivity index (χ0) is 13.4. The van der Waals surface area contributed by atoms with Crippen molar-refractivity contribution in [2.45, 2.75) is 26.2 Å². The number of halogens is 1. The average molecular weight is 297 g/mol. The van der Waals surface area contributed by atoms with Crippen LogP contribution in [0.25, 0.3) is 10.2 Å². The monoisotopic (exact) mass is 296 g/mol. The highest BCUT2D eigenvalue weighted by molar-refractivity contribution is 7.19. The lowest BCUT2D eigenvalue weighted by Crippen LogP contribution is -2.23. The van der Waals surface area contributed by atoms with Gasteiger partial charge in [0.1, 0.15) is 16.3 Å². The van der Waals surface area contributed by atoms with Crippen LogP contribution < -0.4 is 0 Å². The highest BCUT2D eigenvalue weighted by atomic mass is 35.5. The normalized spacial score (nSPS) is 18.3. The first-order valence-corrected chi connectivity index (χ1v) is 7.47. The van der Waals surface area contributed by atoms with Gasteiger partial charge < -0.3 is 4.74 Å². The molecule has 0 spiro atoms. The first-order chi connectivity index (χ1) is 9.20. The molecule has 2 aromatic rings. The summed E-state index contributed by atoms with van der Waals surface area (Å²) in [6.07, 6.45) is 3.86. The molecule has 3 rings (SSSR count). The number of aryl methyl sites for hydroxylation is 1. The molecule has 2 heterocycles. The van der Waals surface area contributed by atoms with Gasteiger partial charge in [0.05, 0.1) is 17.9 Å². The van der Waals surface area contributed by atoms with E-state index in [4.69, 9.17) is 16.3 Å². The summed E-state index contributed by atoms with van der Waals surface area (Å²) >= 11 is 7.76. The zero-order valence-electron chi connectivity index (χ0n) is 10.5. The van der Waals surface area contributed by atoms with E-state index in [1.807, 2.05) is 6.92 Å². The Kier molecular flexibility index (Phi) is 3.41. The summed E-state index contributed by atoms with van der Waals surface area (Å²) in [5, 5.41) is 1.48. The molecule has 6 heteroatoms. The fourth-order valence-corrected chi connectivity index (χ4v) is 4.10. The second-order valence-electron chi connectivity index (χ2n) is 4.54. The van der Waals surface area contributed by atoms with Gasteiger partial charge >= 0.3 is 5.97 Å². The van der Waals surface area contributed by atoms with Crippen LogP contribution in [-0.4, -0.2) is 22.5 Å². The van der Waals surface area contributed by atoms with Crippen LogP contribution in [-0.2, 0) is 22.4 Å². The van der Waals surface area contributed by atoms with E-state index in [1.54, 1.807) is 11.3 Å². The van der Waals surface area contributed by atoms with Gasteiger partial charge in [-0.05, 0) is 31.7 Å². The average Bonchev–Trinajstić information content (AvgIpc) is 2.77. The van der Waals surface area contributed by atoms with E-state index >= 15 is 0 Å². The number of rotatable bonds is 2. The number of fused-ring (bicyclic) bond motifs is 3. The third-order valence-corrected chi connectivity index (χ3v) is 4.87. The Morgan fingerprint density at radius 2 is 2.42 bits per heavy atom. The fourth-order valence-electron chi connectivity index (χ4n) is 2.53. The number of carbonyl (C=O) groups excluding carboxylic acids is 1. The van der Waals surface area contributed by atoms with Gasteiger partial charge in [-0.2, -0.15) is 0 Å². The minimum atomic E-state index is -0.0946. The number of aromatic nitrogens is 2. The van der Waals surface area contributed by atoms with Gasteiger partial charge in [0, 0.05) is 4.88 Å². The number of hydrogen-bond acceptors (Lipinski definition) is 5. The molecule has 0 saturated carbocycles. The lowest BCUT2D eigenvalue weighted by atomic mass is 9.88. The van der Waals surface area contributed by atoms with Crippen molar-refractivity contribution in [3.05, 3.63) is 21.9 Å². The largest absolute Gasteiger partial charge is 0.466 e. The Hall–Kier alpha value is -1.20. The fraction of sp³-hybridized carbons (Fsp3) is 0.462. The Morgan fingerprint density at radius 1 is 1.58 bits per heavy atom. The molecule has 0 N–H and O–H groups in total. The molecule has 0 aliphatic heterocycles. The van der Waals surface area contributed by atoms with Gasteiger partial charge in [0.25, 0.3) is 0 Å². The molecule has 0 saturated heterocycles. The van der Waals surface area contributed by atoms with Crippen LogP contribution in [0.2, 0.25) is 5.15 Å². The van der Waals surface area contributed by atoms with Crippen molar-refractivity contribution in [3.8, 4) is 0 Å². The molecule has 0 aromatic carbocycles. The number of nitrogens with zero attached hydrogens (tertiary/aromatic N) is 2. The molecule has 0 bridgehead atoms. The smallest absolute Gasteiger partial charge is 0.309 e. The summed E-state index contributed by atoms with van der Waals surface area (Å²) in [4.78, 5) is 22.2. The summed E-state index contributed by atoms with van der Waals surface area (Å²) < 4.78 is 5.11. The van der Waals surface area contributed by atoms with E-state index in [-0.39, 0.29) is 11.9 Å². The SMILES string of the molecule is CCOC(=O)[C@H]1CCc2c(sc3ncnc(Cl)c23)C1. The Balaban J connectivity index is 1.96. The van der Waals surface area contributed by atoms with E-state index in [1.165, 1.54) is 16.8 Å². The van der Waals surface area contributed by atoms with Crippen LogP contribution in [0.4, 0.5) is 0 Å². The van der Waals surface area contributed by atoms with E-state index in [9.17, 15) is 4.79 Å². The van der Waals surface area contributed by atoms with Crippen molar-refractivity contribution >= 4 is 39.1 Å². The van der Waals surface area contributed by atoms with Gasteiger partial charge in [-0.25, -0.2) is 9.97 Å². The minimum absolute atomic E-state index is 0.0350. The van der Waals surface area contributed by atoms with Crippen LogP contribution in [0.15, 0.2) is 6.33 Å². The second kappa shape index (κ2) is 5.06. The summed E-state index contributed by atoms with van der Waals surface area (Å²) in [5.74, 6) is -0.130. The van der Waals surface area contributed by atoms with Crippen molar-refractivity contribution in [2.24, 2.45) is 5.92 Å². The highest BCUT2D eigenvalue weighted by Gasteiger charge is 2.29. The molecule has 4 nitrogen and oxygen atoms in total. The molecular weight excluding hydrogens is 284 g/mol.